The summed E-state index contributed by atoms with van der Waals surface area (Å²) in [6.45, 7) is -0.474. The Hall–Kier alpha value is -3.37. The number of thioether (sulfide) groups is 1. The highest BCUT2D eigenvalue weighted by molar-refractivity contribution is 8.02. The number of benzene rings is 1. The highest BCUT2D eigenvalue weighted by Crippen LogP contribution is 2.56. The molecule has 3 aliphatic rings. The Labute approximate surface area is 203 Å². The average Bonchev–Trinajstić information content (AvgIpc) is 3.65. The van der Waals surface area contributed by atoms with E-state index in [4.69, 9.17) is 9.15 Å². The molecule has 0 saturated carbocycles. The standard InChI is InChI=1S/C24H19N3O5S2/c28-21-9-10-24(26(21)16-5-1-2-7-20(16)34-24)23(30)32-14-22(29)27-17(18-6-3-11-31-18)13-15(25-27)19-8-4-12-33-19/h1-8,11-12,17H,9-10,13-14H2/t17-,24-/m1/s1. The molecule has 172 valence electrons. The van der Waals surface area contributed by atoms with Gasteiger partial charge in [0.25, 0.3) is 5.91 Å². The number of furan rings is 1. The van der Waals surface area contributed by atoms with Crippen LogP contribution in [0.1, 0.15) is 35.9 Å². The molecule has 8 nitrogen and oxygen atoms in total. The molecule has 0 spiro atoms. The monoisotopic (exact) mass is 493 g/mol. The fourth-order valence-corrected chi connectivity index (χ4v) is 6.75. The molecule has 0 unspecified atom stereocenters. The Bertz CT molecular complexity index is 1300. The molecule has 5 heterocycles. The molecule has 1 saturated heterocycles. The second-order valence-corrected chi connectivity index (χ2v) is 10.4. The number of rotatable bonds is 5. The van der Waals surface area contributed by atoms with Crippen molar-refractivity contribution in [3.8, 4) is 0 Å². The number of esters is 1. The largest absolute Gasteiger partial charge is 0.467 e. The quantitative estimate of drug-likeness (QED) is 0.495. The fourth-order valence-electron chi connectivity index (χ4n) is 4.61. The van der Waals surface area contributed by atoms with E-state index >= 15 is 0 Å². The predicted molar refractivity (Wildman–Crippen MR) is 126 cm³/mol. The maximum absolute atomic E-state index is 13.3. The highest BCUT2D eigenvalue weighted by atomic mass is 32.2. The summed E-state index contributed by atoms with van der Waals surface area (Å²) in [6.07, 6.45) is 2.65. The molecule has 1 fully saturated rings. The molecule has 3 aromatic rings. The Kier molecular flexibility index (Phi) is 5.07. The Morgan fingerprint density at radius 1 is 1.18 bits per heavy atom. The van der Waals surface area contributed by atoms with E-state index in [-0.39, 0.29) is 12.3 Å². The van der Waals surface area contributed by atoms with Gasteiger partial charge in [0, 0.05) is 24.2 Å². The molecule has 6 rings (SSSR count). The predicted octanol–water partition coefficient (Wildman–Crippen LogP) is 4.19. The Morgan fingerprint density at radius 2 is 2.06 bits per heavy atom. The van der Waals surface area contributed by atoms with Crippen LogP contribution in [0.4, 0.5) is 5.69 Å². The molecule has 0 radical (unpaired) electrons. The normalized spacial score (nSPS) is 23.1. The summed E-state index contributed by atoms with van der Waals surface area (Å²) in [4.78, 5) is 41.2. The van der Waals surface area contributed by atoms with Crippen LogP contribution in [0, 0.1) is 0 Å². The van der Waals surface area contributed by atoms with Crippen molar-refractivity contribution in [3.63, 3.8) is 0 Å². The lowest BCUT2D eigenvalue weighted by atomic mass is 10.1. The second kappa shape index (κ2) is 8.14. The van der Waals surface area contributed by atoms with Crippen LogP contribution in [0.5, 0.6) is 0 Å². The van der Waals surface area contributed by atoms with Gasteiger partial charge in [-0.05, 0) is 35.7 Å². The van der Waals surface area contributed by atoms with Gasteiger partial charge in [0.15, 0.2) is 11.5 Å². The number of ether oxygens (including phenoxy) is 1. The molecular weight excluding hydrogens is 474 g/mol. The number of fused-ring (bicyclic) bond motifs is 3. The third-order valence-corrected chi connectivity index (χ3v) is 8.54. The summed E-state index contributed by atoms with van der Waals surface area (Å²) in [7, 11) is 0. The SMILES string of the molecule is O=C(COC(=O)[C@]12CCC(=O)N1c1ccccc1S2)N1N=C(c2cccs2)C[C@@H]1c1ccco1. The van der Waals surface area contributed by atoms with Crippen LogP contribution >= 0.6 is 23.1 Å². The van der Waals surface area contributed by atoms with E-state index in [0.29, 0.717) is 24.3 Å². The van der Waals surface area contributed by atoms with Crippen LogP contribution in [0.15, 0.2) is 74.6 Å². The molecule has 2 amide bonds. The van der Waals surface area contributed by atoms with Gasteiger partial charge >= 0.3 is 5.97 Å². The van der Waals surface area contributed by atoms with Gasteiger partial charge in [0.1, 0.15) is 11.8 Å². The number of carbonyl (C=O) groups excluding carboxylic acids is 3. The molecule has 3 aliphatic heterocycles. The number of amides is 2. The van der Waals surface area contributed by atoms with Crippen molar-refractivity contribution in [2.45, 2.75) is 35.1 Å². The van der Waals surface area contributed by atoms with Gasteiger partial charge < -0.3 is 9.15 Å². The molecule has 2 aromatic heterocycles. The van der Waals surface area contributed by atoms with E-state index < -0.39 is 29.4 Å². The zero-order valence-electron chi connectivity index (χ0n) is 17.9. The van der Waals surface area contributed by atoms with Gasteiger partial charge in [-0.2, -0.15) is 5.10 Å². The number of hydrogen-bond donors (Lipinski definition) is 0. The zero-order chi connectivity index (χ0) is 23.3. The zero-order valence-corrected chi connectivity index (χ0v) is 19.5. The lowest BCUT2D eigenvalue weighted by Gasteiger charge is -2.28. The van der Waals surface area contributed by atoms with Crippen molar-refractivity contribution in [1.82, 2.24) is 5.01 Å². The first kappa shape index (κ1) is 21.2. The van der Waals surface area contributed by atoms with Gasteiger partial charge in [-0.1, -0.05) is 30.0 Å². The van der Waals surface area contributed by atoms with E-state index in [1.165, 1.54) is 21.7 Å². The first-order valence-corrected chi connectivity index (χ1v) is 12.5. The molecule has 2 atom stereocenters. The summed E-state index contributed by atoms with van der Waals surface area (Å²) in [5, 5.41) is 7.84. The number of nitrogens with zero attached hydrogens (tertiary/aromatic N) is 3. The summed E-state index contributed by atoms with van der Waals surface area (Å²) >= 11 is 2.86. The minimum absolute atomic E-state index is 0.122. The van der Waals surface area contributed by atoms with Gasteiger partial charge in [0.05, 0.1) is 22.5 Å². The summed E-state index contributed by atoms with van der Waals surface area (Å²) in [6, 6.07) is 14.4. The molecule has 34 heavy (non-hydrogen) atoms. The van der Waals surface area contributed by atoms with E-state index in [9.17, 15) is 14.4 Å². The molecule has 0 aliphatic carbocycles. The topological polar surface area (TPSA) is 92.4 Å². The number of thiophene rings is 1. The number of anilines is 1. The third kappa shape index (κ3) is 3.28. The van der Waals surface area contributed by atoms with E-state index in [1.54, 1.807) is 29.7 Å². The van der Waals surface area contributed by atoms with Crippen LogP contribution in [-0.2, 0) is 19.1 Å². The van der Waals surface area contributed by atoms with Crippen LogP contribution in [-0.4, -0.2) is 40.0 Å². The Morgan fingerprint density at radius 3 is 2.85 bits per heavy atom. The number of carbonyl (C=O) groups is 3. The van der Waals surface area contributed by atoms with Crippen LogP contribution in [0.25, 0.3) is 0 Å². The van der Waals surface area contributed by atoms with Crippen molar-refractivity contribution in [2.24, 2.45) is 5.10 Å². The lowest BCUT2D eigenvalue weighted by molar-refractivity contribution is -0.154. The maximum Gasteiger partial charge on any atom is 0.344 e. The van der Waals surface area contributed by atoms with E-state index in [1.807, 2.05) is 41.8 Å². The van der Waals surface area contributed by atoms with Crippen molar-refractivity contribution in [3.05, 3.63) is 70.8 Å². The van der Waals surface area contributed by atoms with Gasteiger partial charge in [-0.3, -0.25) is 14.5 Å². The number of para-hydroxylation sites is 1. The molecule has 0 bridgehead atoms. The van der Waals surface area contributed by atoms with Crippen LogP contribution in [0.3, 0.4) is 0 Å². The molecule has 0 N–H and O–H groups in total. The first-order chi connectivity index (χ1) is 16.6. The molecule has 1 aromatic carbocycles. The number of hydrogen-bond acceptors (Lipinski definition) is 8. The Balaban J connectivity index is 1.21. The highest BCUT2D eigenvalue weighted by Gasteiger charge is 2.58. The second-order valence-electron chi connectivity index (χ2n) is 8.16. The minimum atomic E-state index is -1.17. The summed E-state index contributed by atoms with van der Waals surface area (Å²) in [5.74, 6) is -0.551. The number of hydrazone groups is 1. The van der Waals surface area contributed by atoms with Crippen molar-refractivity contribution in [1.29, 1.82) is 0 Å². The minimum Gasteiger partial charge on any atom is -0.467 e. The van der Waals surface area contributed by atoms with Crippen LogP contribution < -0.4 is 4.90 Å². The van der Waals surface area contributed by atoms with E-state index in [0.717, 1.165) is 15.5 Å². The fraction of sp³-hybridized carbons (Fsp3) is 0.250. The van der Waals surface area contributed by atoms with Crippen molar-refractivity contribution >= 4 is 52.3 Å². The van der Waals surface area contributed by atoms with Crippen LogP contribution in [0.2, 0.25) is 0 Å². The van der Waals surface area contributed by atoms with Crippen molar-refractivity contribution in [2.75, 3.05) is 11.5 Å². The maximum atomic E-state index is 13.3. The van der Waals surface area contributed by atoms with Crippen molar-refractivity contribution < 1.29 is 23.5 Å². The molecule has 10 heteroatoms. The molecular formula is C24H19N3O5S2. The van der Waals surface area contributed by atoms with Gasteiger partial charge in [-0.25, -0.2) is 9.80 Å². The van der Waals surface area contributed by atoms with Gasteiger partial charge in [0.2, 0.25) is 5.91 Å². The average molecular weight is 494 g/mol. The lowest BCUT2D eigenvalue weighted by Crippen LogP contribution is -2.48. The summed E-state index contributed by atoms with van der Waals surface area (Å²) < 4.78 is 11.1. The first-order valence-electron chi connectivity index (χ1n) is 10.8. The van der Waals surface area contributed by atoms with Gasteiger partial charge in [-0.15, -0.1) is 11.3 Å². The summed E-state index contributed by atoms with van der Waals surface area (Å²) in [5.41, 5.74) is 1.49. The van der Waals surface area contributed by atoms with E-state index in [2.05, 4.69) is 5.10 Å². The third-order valence-electron chi connectivity index (χ3n) is 6.16. The smallest absolute Gasteiger partial charge is 0.344 e.